The predicted octanol–water partition coefficient (Wildman–Crippen LogP) is 2.87. The van der Waals surface area contributed by atoms with Gasteiger partial charge in [-0.1, -0.05) is 13.3 Å². The van der Waals surface area contributed by atoms with Crippen molar-refractivity contribution in [1.82, 2.24) is 4.90 Å². The highest BCUT2D eigenvalue weighted by atomic mass is 15.3. The molecule has 2 nitrogen and oxygen atoms in total. The molecular formula is C14H27N2+. The number of unbranched alkanes of at least 4 members (excludes halogenated alkanes) is 2. The molecule has 0 spiro atoms. The van der Waals surface area contributed by atoms with E-state index in [4.69, 9.17) is 0 Å². The minimum atomic E-state index is 1.31. The van der Waals surface area contributed by atoms with Crippen LogP contribution >= 0.6 is 0 Å². The van der Waals surface area contributed by atoms with Crippen LogP contribution in [0.3, 0.4) is 0 Å². The minimum Gasteiger partial charge on any atom is -0.266 e. The molecule has 0 aromatic carbocycles. The van der Waals surface area contributed by atoms with Crippen LogP contribution in [-0.2, 0) is 0 Å². The summed E-state index contributed by atoms with van der Waals surface area (Å²) in [4.78, 5) is 2.68. The zero-order valence-corrected chi connectivity index (χ0v) is 10.9. The maximum Gasteiger partial charge on any atom is 0.246 e. The lowest BCUT2D eigenvalue weighted by Crippen LogP contribution is -2.44. The molecule has 0 radical (unpaired) electrons. The summed E-state index contributed by atoms with van der Waals surface area (Å²) >= 11 is 0. The van der Waals surface area contributed by atoms with Crippen LogP contribution in [0.2, 0.25) is 0 Å². The Morgan fingerprint density at radius 3 is 2.81 bits per heavy atom. The summed E-state index contributed by atoms with van der Waals surface area (Å²) in [6.07, 6.45) is 11.1. The lowest BCUT2D eigenvalue weighted by atomic mass is 10.1. The molecule has 0 bridgehead atoms. The molecule has 16 heavy (non-hydrogen) atoms. The van der Waals surface area contributed by atoms with Crippen molar-refractivity contribution in [2.75, 3.05) is 26.2 Å². The Morgan fingerprint density at radius 2 is 1.94 bits per heavy atom. The van der Waals surface area contributed by atoms with Crippen LogP contribution in [0.4, 0.5) is 0 Å². The first-order valence-corrected chi connectivity index (χ1v) is 7.27. The van der Waals surface area contributed by atoms with Crippen molar-refractivity contribution in [2.24, 2.45) is 0 Å². The van der Waals surface area contributed by atoms with E-state index in [0.717, 1.165) is 0 Å². The van der Waals surface area contributed by atoms with Crippen molar-refractivity contribution < 1.29 is 4.58 Å². The standard InChI is InChI=1S/C14H27N2/c1-2-3-6-10-15-12-8-13-16-11-7-4-5-9-14(15)16/h2-13H2,1H3/q+1. The Morgan fingerprint density at radius 1 is 1.06 bits per heavy atom. The van der Waals surface area contributed by atoms with Gasteiger partial charge in [0, 0.05) is 12.8 Å². The summed E-state index contributed by atoms with van der Waals surface area (Å²) in [5.41, 5.74) is 0. The Hall–Kier alpha value is -0.530. The fourth-order valence-corrected chi connectivity index (χ4v) is 3.02. The molecular weight excluding hydrogens is 196 g/mol. The van der Waals surface area contributed by atoms with Crippen LogP contribution in [-0.4, -0.2) is 41.5 Å². The third-order valence-corrected chi connectivity index (χ3v) is 3.95. The second-order valence-corrected chi connectivity index (χ2v) is 5.26. The predicted molar refractivity (Wildman–Crippen MR) is 69.2 cm³/mol. The summed E-state index contributed by atoms with van der Waals surface area (Å²) in [5, 5.41) is 0. The maximum absolute atomic E-state index is 2.68. The van der Waals surface area contributed by atoms with Crippen molar-refractivity contribution >= 4 is 5.84 Å². The molecule has 0 aliphatic carbocycles. The Bertz CT molecular complexity index is 245. The molecule has 0 fully saturated rings. The molecule has 92 valence electrons. The number of amidine groups is 1. The Kier molecular flexibility index (Phi) is 4.68. The van der Waals surface area contributed by atoms with E-state index in [-0.39, 0.29) is 0 Å². The fourth-order valence-electron chi connectivity index (χ4n) is 3.02. The van der Waals surface area contributed by atoms with Gasteiger partial charge in [-0.25, -0.2) is 0 Å². The van der Waals surface area contributed by atoms with Gasteiger partial charge in [0.1, 0.15) is 0 Å². The highest BCUT2D eigenvalue weighted by molar-refractivity contribution is 5.77. The molecule has 2 aliphatic heterocycles. The van der Waals surface area contributed by atoms with Gasteiger partial charge in [0.2, 0.25) is 5.84 Å². The van der Waals surface area contributed by atoms with Crippen LogP contribution in [0.15, 0.2) is 0 Å². The summed E-state index contributed by atoms with van der Waals surface area (Å²) in [6, 6.07) is 0. The highest BCUT2D eigenvalue weighted by Crippen LogP contribution is 2.15. The van der Waals surface area contributed by atoms with E-state index in [1.165, 1.54) is 77.5 Å². The van der Waals surface area contributed by atoms with Gasteiger partial charge in [-0.15, -0.1) is 0 Å². The largest absolute Gasteiger partial charge is 0.266 e. The highest BCUT2D eigenvalue weighted by Gasteiger charge is 2.27. The average Bonchev–Trinajstić information content (AvgIpc) is 2.55. The lowest BCUT2D eigenvalue weighted by Gasteiger charge is -2.26. The summed E-state index contributed by atoms with van der Waals surface area (Å²) in [6.45, 7) is 7.55. The second kappa shape index (κ2) is 6.27. The quantitative estimate of drug-likeness (QED) is 0.525. The SMILES string of the molecule is CCCCCN1CCC[N+]2=C1CCCCC2. The molecule has 2 heteroatoms. The zero-order chi connectivity index (χ0) is 11.2. The van der Waals surface area contributed by atoms with Gasteiger partial charge in [-0.2, -0.15) is 0 Å². The van der Waals surface area contributed by atoms with E-state index in [2.05, 4.69) is 16.4 Å². The summed E-state index contributed by atoms with van der Waals surface area (Å²) in [7, 11) is 0. The van der Waals surface area contributed by atoms with Gasteiger partial charge in [0.05, 0.1) is 26.2 Å². The van der Waals surface area contributed by atoms with Crippen molar-refractivity contribution in [3.63, 3.8) is 0 Å². The van der Waals surface area contributed by atoms with E-state index in [1.54, 1.807) is 5.84 Å². The first-order chi connectivity index (χ1) is 7.92. The van der Waals surface area contributed by atoms with E-state index in [1.807, 2.05) is 0 Å². The number of hydrogen-bond donors (Lipinski definition) is 0. The van der Waals surface area contributed by atoms with E-state index in [0.29, 0.717) is 0 Å². The zero-order valence-electron chi connectivity index (χ0n) is 10.9. The van der Waals surface area contributed by atoms with Gasteiger partial charge in [0.15, 0.2) is 0 Å². The van der Waals surface area contributed by atoms with Crippen molar-refractivity contribution in [3.8, 4) is 0 Å². The van der Waals surface area contributed by atoms with Gasteiger partial charge >= 0.3 is 0 Å². The maximum atomic E-state index is 2.68. The topological polar surface area (TPSA) is 6.25 Å². The first kappa shape index (κ1) is 11.9. The molecule has 0 N–H and O–H groups in total. The minimum absolute atomic E-state index is 1.31. The molecule has 2 heterocycles. The smallest absolute Gasteiger partial charge is 0.246 e. The molecule has 0 saturated carbocycles. The fraction of sp³-hybridized carbons (Fsp3) is 0.929. The van der Waals surface area contributed by atoms with Crippen molar-refractivity contribution in [1.29, 1.82) is 0 Å². The van der Waals surface area contributed by atoms with Crippen LogP contribution < -0.4 is 0 Å². The number of nitrogens with zero attached hydrogens (tertiary/aromatic N) is 2. The Labute approximate surface area is 100 Å². The van der Waals surface area contributed by atoms with Crippen molar-refractivity contribution in [2.45, 2.75) is 58.3 Å². The summed E-state index contributed by atoms with van der Waals surface area (Å²) < 4.78 is 2.67. The third kappa shape index (κ3) is 2.99. The van der Waals surface area contributed by atoms with E-state index < -0.39 is 0 Å². The second-order valence-electron chi connectivity index (χ2n) is 5.26. The van der Waals surface area contributed by atoms with Gasteiger partial charge < -0.3 is 0 Å². The lowest BCUT2D eigenvalue weighted by molar-refractivity contribution is -0.539. The van der Waals surface area contributed by atoms with Gasteiger partial charge in [-0.3, -0.25) is 9.48 Å². The molecule has 0 atom stereocenters. The Balaban J connectivity index is 1.95. The molecule has 0 amide bonds. The van der Waals surface area contributed by atoms with E-state index >= 15 is 0 Å². The third-order valence-electron chi connectivity index (χ3n) is 3.95. The molecule has 0 aromatic rings. The number of hydrogen-bond acceptors (Lipinski definition) is 1. The normalized spacial score (nSPS) is 21.9. The van der Waals surface area contributed by atoms with Crippen LogP contribution in [0.1, 0.15) is 58.3 Å². The van der Waals surface area contributed by atoms with Crippen LogP contribution in [0, 0.1) is 0 Å². The van der Waals surface area contributed by atoms with Gasteiger partial charge in [0.25, 0.3) is 0 Å². The molecule has 0 aromatic heterocycles. The molecule has 2 aliphatic rings. The molecule has 0 saturated heterocycles. The van der Waals surface area contributed by atoms with Crippen molar-refractivity contribution in [3.05, 3.63) is 0 Å². The number of rotatable bonds is 4. The first-order valence-electron chi connectivity index (χ1n) is 7.27. The molecule has 0 unspecified atom stereocenters. The van der Waals surface area contributed by atoms with Gasteiger partial charge in [-0.05, 0) is 32.1 Å². The van der Waals surface area contributed by atoms with E-state index in [9.17, 15) is 0 Å². The summed E-state index contributed by atoms with van der Waals surface area (Å²) in [5.74, 6) is 1.68. The molecule has 2 rings (SSSR count). The monoisotopic (exact) mass is 223 g/mol. The van der Waals surface area contributed by atoms with Crippen LogP contribution in [0.5, 0.6) is 0 Å². The van der Waals surface area contributed by atoms with Crippen LogP contribution in [0.25, 0.3) is 0 Å². The average molecular weight is 223 g/mol.